The van der Waals surface area contributed by atoms with Crippen molar-refractivity contribution in [3.63, 3.8) is 0 Å². The second-order valence-electron chi connectivity index (χ2n) is 4.32. The molecule has 0 spiro atoms. The highest BCUT2D eigenvalue weighted by Crippen LogP contribution is 2.36. The Morgan fingerprint density at radius 2 is 1.81 bits per heavy atom. The molecule has 0 aliphatic carbocycles. The van der Waals surface area contributed by atoms with Gasteiger partial charge in [-0.25, -0.2) is 4.98 Å². The van der Waals surface area contributed by atoms with Crippen molar-refractivity contribution in [1.82, 2.24) is 4.98 Å². The lowest BCUT2D eigenvalue weighted by molar-refractivity contribution is 0.264. The zero-order valence-corrected chi connectivity index (χ0v) is 15.3. The van der Waals surface area contributed by atoms with Gasteiger partial charge in [0.25, 0.3) is 0 Å². The first-order chi connectivity index (χ1) is 10.0. The first-order valence-electron chi connectivity index (χ1n) is 5.95. The topological polar surface area (TPSA) is 61.3 Å². The monoisotopic (exact) mass is 474 g/mol. The van der Waals surface area contributed by atoms with Crippen LogP contribution in [0.1, 0.15) is 5.89 Å². The fourth-order valence-corrected chi connectivity index (χ4v) is 4.34. The predicted molar refractivity (Wildman–Crippen MR) is 92.3 cm³/mol. The number of oxazole rings is 1. The summed E-state index contributed by atoms with van der Waals surface area (Å²) in [6.45, 7) is 0.230. The van der Waals surface area contributed by atoms with Crippen LogP contribution in [0.5, 0.6) is 5.75 Å². The number of aromatic nitrogens is 1. The van der Waals surface area contributed by atoms with Gasteiger partial charge < -0.3 is 14.9 Å². The first-order valence-corrected chi connectivity index (χ1v) is 8.33. The van der Waals surface area contributed by atoms with E-state index in [4.69, 9.17) is 14.9 Å². The summed E-state index contributed by atoms with van der Waals surface area (Å²) in [7, 11) is 0. The van der Waals surface area contributed by atoms with E-state index in [-0.39, 0.29) is 6.61 Å². The Kier molecular flexibility index (Phi) is 4.24. The zero-order chi connectivity index (χ0) is 15.0. The molecule has 0 radical (unpaired) electrons. The van der Waals surface area contributed by atoms with E-state index in [1.165, 1.54) is 0 Å². The van der Waals surface area contributed by atoms with Crippen molar-refractivity contribution in [3.8, 4) is 5.75 Å². The highest BCUT2D eigenvalue weighted by molar-refractivity contribution is 9.11. The molecule has 0 aliphatic heterocycles. The number of nitrogens with two attached hydrogens (primary N) is 1. The third-order valence-electron chi connectivity index (χ3n) is 2.76. The van der Waals surface area contributed by atoms with E-state index >= 15 is 0 Å². The molecule has 108 valence electrons. The smallest absolute Gasteiger partial charge is 0.233 e. The van der Waals surface area contributed by atoms with Gasteiger partial charge in [0.2, 0.25) is 5.89 Å². The van der Waals surface area contributed by atoms with Crippen molar-refractivity contribution in [2.24, 2.45) is 0 Å². The zero-order valence-electron chi connectivity index (χ0n) is 10.6. The normalized spacial score (nSPS) is 11.0. The van der Waals surface area contributed by atoms with Crippen LogP contribution in [0.4, 0.5) is 5.69 Å². The van der Waals surface area contributed by atoms with Crippen LogP contribution in [0.3, 0.4) is 0 Å². The van der Waals surface area contributed by atoms with Gasteiger partial charge in [0, 0.05) is 10.2 Å². The van der Waals surface area contributed by atoms with Gasteiger partial charge in [0.05, 0.1) is 8.95 Å². The molecule has 0 aliphatic rings. The molecular formula is C14H9Br3N2O2. The number of ether oxygens (including phenoxy) is 1. The molecule has 0 unspecified atom stereocenters. The first kappa shape index (κ1) is 14.9. The number of halogens is 3. The van der Waals surface area contributed by atoms with Gasteiger partial charge in [-0.15, -0.1) is 0 Å². The molecule has 0 amide bonds. The summed E-state index contributed by atoms with van der Waals surface area (Å²) in [6.07, 6.45) is 0. The summed E-state index contributed by atoms with van der Waals surface area (Å²) < 4.78 is 14.0. The molecule has 0 atom stereocenters. The molecule has 0 saturated heterocycles. The molecule has 0 fully saturated rings. The van der Waals surface area contributed by atoms with Crippen molar-refractivity contribution >= 4 is 64.6 Å². The summed E-state index contributed by atoms with van der Waals surface area (Å²) in [5.74, 6) is 1.19. The van der Waals surface area contributed by atoms with Crippen LogP contribution in [0.25, 0.3) is 11.1 Å². The lowest BCUT2D eigenvalue weighted by atomic mass is 10.3. The van der Waals surface area contributed by atoms with E-state index in [0.29, 0.717) is 22.9 Å². The third kappa shape index (κ3) is 3.25. The van der Waals surface area contributed by atoms with Gasteiger partial charge in [-0.05, 0) is 62.2 Å². The Morgan fingerprint density at radius 3 is 2.52 bits per heavy atom. The molecule has 2 aromatic carbocycles. The number of nitrogens with zero attached hydrogens (tertiary/aromatic N) is 1. The lowest BCUT2D eigenvalue weighted by Gasteiger charge is -2.09. The van der Waals surface area contributed by atoms with Gasteiger partial charge in [0.1, 0.15) is 11.3 Å². The van der Waals surface area contributed by atoms with Crippen molar-refractivity contribution in [2.75, 3.05) is 5.73 Å². The highest BCUT2D eigenvalue weighted by Gasteiger charge is 2.11. The van der Waals surface area contributed by atoms with E-state index in [1.54, 1.807) is 18.2 Å². The molecule has 0 saturated carbocycles. The summed E-state index contributed by atoms with van der Waals surface area (Å²) >= 11 is 10.3. The number of benzene rings is 2. The molecule has 1 aromatic heterocycles. The second kappa shape index (κ2) is 5.98. The summed E-state index contributed by atoms with van der Waals surface area (Å²) in [5.41, 5.74) is 7.79. The van der Waals surface area contributed by atoms with E-state index in [1.807, 2.05) is 12.1 Å². The van der Waals surface area contributed by atoms with Crippen LogP contribution in [0.15, 0.2) is 48.2 Å². The molecular weight excluding hydrogens is 468 g/mol. The van der Waals surface area contributed by atoms with Crippen molar-refractivity contribution in [1.29, 1.82) is 0 Å². The van der Waals surface area contributed by atoms with Gasteiger partial charge >= 0.3 is 0 Å². The van der Waals surface area contributed by atoms with E-state index in [0.717, 1.165) is 18.9 Å². The lowest BCUT2D eigenvalue weighted by Crippen LogP contribution is -1.97. The van der Waals surface area contributed by atoms with E-state index < -0.39 is 0 Å². The Morgan fingerprint density at radius 1 is 1.10 bits per heavy atom. The Bertz CT molecular complexity index is 794. The van der Waals surface area contributed by atoms with Gasteiger partial charge in [-0.1, -0.05) is 15.9 Å². The molecule has 21 heavy (non-hydrogen) atoms. The Hall–Kier alpha value is -1.05. The average molecular weight is 477 g/mol. The maximum Gasteiger partial charge on any atom is 0.233 e. The average Bonchev–Trinajstić information content (AvgIpc) is 2.79. The largest absolute Gasteiger partial charge is 0.481 e. The minimum absolute atomic E-state index is 0.230. The van der Waals surface area contributed by atoms with Crippen LogP contribution >= 0.6 is 47.8 Å². The van der Waals surface area contributed by atoms with E-state index in [9.17, 15) is 0 Å². The number of anilines is 1. The van der Waals surface area contributed by atoms with Crippen LogP contribution in [0, 0.1) is 0 Å². The van der Waals surface area contributed by atoms with E-state index in [2.05, 4.69) is 52.8 Å². The number of fused-ring (bicyclic) bond motifs is 1. The van der Waals surface area contributed by atoms with Crippen molar-refractivity contribution in [2.45, 2.75) is 6.61 Å². The predicted octanol–water partition coefficient (Wildman–Crippen LogP) is 5.28. The quantitative estimate of drug-likeness (QED) is 0.523. The van der Waals surface area contributed by atoms with Crippen LogP contribution in [-0.4, -0.2) is 4.98 Å². The third-order valence-corrected chi connectivity index (χ3v) is 4.39. The SMILES string of the molecule is Nc1ccc2oc(COc3c(Br)cc(Br)cc3Br)nc2c1. The number of nitrogen functional groups attached to an aromatic ring is 1. The molecule has 2 N–H and O–H groups in total. The number of rotatable bonds is 3. The molecule has 7 heteroatoms. The molecule has 3 aromatic rings. The second-order valence-corrected chi connectivity index (χ2v) is 6.95. The molecule has 3 rings (SSSR count). The van der Waals surface area contributed by atoms with Crippen molar-refractivity contribution < 1.29 is 9.15 Å². The number of hydrogen-bond donors (Lipinski definition) is 1. The molecule has 1 heterocycles. The number of hydrogen-bond acceptors (Lipinski definition) is 4. The van der Waals surface area contributed by atoms with Gasteiger partial charge in [-0.3, -0.25) is 0 Å². The van der Waals surface area contributed by atoms with Gasteiger partial charge in [-0.2, -0.15) is 0 Å². The fraction of sp³-hybridized carbons (Fsp3) is 0.0714. The highest BCUT2D eigenvalue weighted by atomic mass is 79.9. The maximum absolute atomic E-state index is 5.77. The minimum Gasteiger partial charge on any atom is -0.481 e. The van der Waals surface area contributed by atoms with Crippen LogP contribution in [0.2, 0.25) is 0 Å². The van der Waals surface area contributed by atoms with Crippen molar-refractivity contribution in [3.05, 3.63) is 49.6 Å². The van der Waals surface area contributed by atoms with Crippen LogP contribution in [-0.2, 0) is 6.61 Å². The summed E-state index contributed by atoms with van der Waals surface area (Å²) in [4.78, 5) is 4.35. The molecule has 4 nitrogen and oxygen atoms in total. The molecule has 0 bridgehead atoms. The standard InChI is InChI=1S/C14H9Br3N2O2/c15-7-3-9(16)14(10(17)4-7)20-6-13-19-11-5-8(18)1-2-12(11)21-13/h1-5H,6,18H2. The maximum atomic E-state index is 5.77. The minimum atomic E-state index is 0.230. The Balaban J connectivity index is 1.83. The van der Waals surface area contributed by atoms with Crippen LogP contribution < -0.4 is 10.5 Å². The summed E-state index contributed by atoms with van der Waals surface area (Å²) in [6, 6.07) is 9.17. The summed E-state index contributed by atoms with van der Waals surface area (Å²) in [5, 5.41) is 0. The Labute approximate surface area is 146 Å². The fourth-order valence-electron chi connectivity index (χ4n) is 1.85. The van der Waals surface area contributed by atoms with Gasteiger partial charge in [0.15, 0.2) is 12.2 Å².